The molecule has 3 N–H and O–H groups in total. The Morgan fingerprint density at radius 3 is 2.56 bits per heavy atom. The van der Waals surface area contributed by atoms with E-state index in [9.17, 15) is 14.4 Å². The van der Waals surface area contributed by atoms with Crippen LogP contribution < -0.4 is 20.3 Å². The number of nitrogens with zero attached hydrogens (tertiary/aromatic N) is 4. The molecule has 0 unspecified atom stereocenters. The number of alkyl halides is 1. The average Bonchev–Trinajstić information content (AvgIpc) is 3.72. The first-order valence-electron chi connectivity index (χ1n) is 16.8. The van der Waals surface area contributed by atoms with E-state index in [4.69, 9.17) is 26.2 Å². The molecule has 3 aromatic carbocycles. The summed E-state index contributed by atoms with van der Waals surface area (Å²) in [5, 5.41) is 16.7. The van der Waals surface area contributed by atoms with E-state index in [1.165, 1.54) is 0 Å². The third kappa shape index (κ3) is 8.16. The van der Waals surface area contributed by atoms with Crippen LogP contribution in [-0.4, -0.2) is 96.2 Å². The molecule has 14 heteroatoms. The van der Waals surface area contributed by atoms with E-state index in [0.717, 1.165) is 27.5 Å². The van der Waals surface area contributed by atoms with E-state index in [1.54, 1.807) is 64.0 Å². The second kappa shape index (κ2) is 17.2. The Labute approximate surface area is 313 Å². The number of anilines is 2. The number of hydrogen-bond donors (Lipinski definition) is 3. The standard InChI is InChI=1S/C38H41ClN6O6.ClH/c1-24-7-9-26(10-8-24)36(47)41-28-11-12-33-42-30(23-44(33)22-28)37(48)45-21-27(20-39)35-31(45)19-32(29-6-4-5-25(2)34(29)35)51-38(49)43(14-13-40-3)15-17-50-18-16-46;/h4-12,19,22-23,27,40,46H,13-18,20-21H2,1-3H3,(H,41,47);1H/t27-;/m1./s1. The van der Waals surface area contributed by atoms with Crippen LogP contribution in [0.4, 0.5) is 16.2 Å². The molecule has 1 atom stereocenters. The van der Waals surface area contributed by atoms with Gasteiger partial charge in [-0.1, -0.05) is 35.9 Å². The molecule has 2 aromatic heterocycles. The maximum atomic E-state index is 14.3. The van der Waals surface area contributed by atoms with Gasteiger partial charge in [0.2, 0.25) is 0 Å². The molecule has 0 aliphatic carbocycles. The second-order valence-corrected chi connectivity index (χ2v) is 12.8. The van der Waals surface area contributed by atoms with Gasteiger partial charge in [-0.2, -0.15) is 0 Å². The number of aromatic nitrogens is 2. The van der Waals surface area contributed by atoms with Crippen LogP contribution in [0.25, 0.3) is 16.4 Å². The number of carbonyl (C=O) groups is 3. The lowest BCUT2D eigenvalue weighted by Gasteiger charge is -2.23. The van der Waals surface area contributed by atoms with Gasteiger partial charge in [-0.05, 0) is 61.7 Å². The van der Waals surface area contributed by atoms with Gasteiger partial charge in [-0.15, -0.1) is 24.0 Å². The van der Waals surface area contributed by atoms with Crippen LogP contribution in [-0.2, 0) is 4.74 Å². The molecule has 274 valence electrons. The summed E-state index contributed by atoms with van der Waals surface area (Å²) in [6.45, 7) is 5.76. The van der Waals surface area contributed by atoms with Gasteiger partial charge in [0.05, 0.1) is 31.2 Å². The van der Waals surface area contributed by atoms with Crippen LogP contribution in [0.5, 0.6) is 5.75 Å². The average molecular weight is 750 g/mol. The molecule has 5 aromatic rings. The van der Waals surface area contributed by atoms with Crippen LogP contribution >= 0.6 is 24.0 Å². The number of halogens is 2. The fourth-order valence-electron chi connectivity index (χ4n) is 6.34. The van der Waals surface area contributed by atoms with Crippen molar-refractivity contribution in [1.82, 2.24) is 19.6 Å². The molecule has 0 saturated heterocycles. The number of imidazole rings is 1. The highest BCUT2D eigenvalue weighted by atomic mass is 35.5. The lowest BCUT2D eigenvalue weighted by atomic mass is 9.92. The van der Waals surface area contributed by atoms with Crippen LogP contribution in [0.15, 0.2) is 73.1 Å². The van der Waals surface area contributed by atoms with E-state index in [2.05, 4.69) is 15.6 Å². The number of benzene rings is 3. The van der Waals surface area contributed by atoms with Gasteiger partial charge >= 0.3 is 6.09 Å². The number of aryl methyl sites for hydroxylation is 2. The quantitative estimate of drug-likeness (QED) is 0.102. The topological polar surface area (TPSA) is 138 Å². The Morgan fingerprint density at radius 1 is 1.04 bits per heavy atom. The molecule has 0 spiro atoms. The predicted octanol–water partition coefficient (Wildman–Crippen LogP) is 5.79. The van der Waals surface area contributed by atoms with Crippen molar-refractivity contribution in [1.29, 1.82) is 0 Å². The molecule has 6 rings (SSSR count). The molecule has 52 heavy (non-hydrogen) atoms. The number of amides is 3. The zero-order chi connectivity index (χ0) is 36.1. The molecule has 1 aliphatic heterocycles. The summed E-state index contributed by atoms with van der Waals surface area (Å²) < 4.78 is 13.2. The lowest BCUT2D eigenvalue weighted by Crippen LogP contribution is -2.40. The van der Waals surface area contributed by atoms with E-state index in [-0.39, 0.29) is 68.1 Å². The minimum atomic E-state index is -0.559. The summed E-state index contributed by atoms with van der Waals surface area (Å²) in [5.74, 6) is -0.152. The highest BCUT2D eigenvalue weighted by Gasteiger charge is 2.37. The predicted molar refractivity (Wildman–Crippen MR) is 205 cm³/mol. The van der Waals surface area contributed by atoms with Crippen molar-refractivity contribution in [2.45, 2.75) is 19.8 Å². The summed E-state index contributed by atoms with van der Waals surface area (Å²) in [6, 6.07) is 18.3. The van der Waals surface area contributed by atoms with E-state index in [0.29, 0.717) is 48.0 Å². The third-order valence-electron chi connectivity index (χ3n) is 8.95. The Morgan fingerprint density at radius 2 is 1.83 bits per heavy atom. The SMILES string of the molecule is CNCCN(CCOCCO)C(=O)Oc1cc2c(c3c(C)cccc13)[C@H](CCl)CN2C(=O)c1cn2cc(NC(=O)c3ccc(C)cc3)ccc2n1.Cl. The molecule has 3 amide bonds. The largest absolute Gasteiger partial charge is 0.415 e. The maximum absolute atomic E-state index is 14.3. The molecular weight excluding hydrogens is 707 g/mol. The number of aliphatic hydroxyl groups is 1. The van der Waals surface area contributed by atoms with Gasteiger partial charge in [0.25, 0.3) is 11.8 Å². The minimum Gasteiger partial charge on any atom is -0.409 e. The summed E-state index contributed by atoms with van der Waals surface area (Å²) in [7, 11) is 1.80. The number of hydrogen-bond acceptors (Lipinski definition) is 8. The normalized spacial score (nSPS) is 13.6. The van der Waals surface area contributed by atoms with Crippen molar-refractivity contribution in [3.8, 4) is 5.75 Å². The Balaban J connectivity index is 0.00000523. The first-order valence-corrected chi connectivity index (χ1v) is 17.4. The molecule has 0 saturated carbocycles. The van der Waals surface area contributed by atoms with Crippen molar-refractivity contribution in [2.24, 2.45) is 0 Å². The number of likely N-dealkylation sites (N-methyl/N-ethyl adjacent to an activating group) is 1. The van der Waals surface area contributed by atoms with Crippen LogP contribution in [0, 0.1) is 13.8 Å². The Hall–Kier alpha value is -4.72. The first kappa shape index (κ1) is 38.5. The molecule has 1 aliphatic rings. The van der Waals surface area contributed by atoms with Gasteiger partial charge in [0, 0.05) is 67.4 Å². The summed E-state index contributed by atoms with van der Waals surface area (Å²) in [5.41, 5.74) is 5.38. The lowest BCUT2D eigenvalue weighted by molar-refractivity contribution is 0.0731. The third-order valence-corrected chi connectivity index (χ3v) is 9.33. The van der Waals surface area contributed by atoms with Crippen LogP contribution in [0.2, 0.25) is 0 Å². The van der Waals surface area contributed by atoms with Gasteiger partial charge in [0.15, 0.2) is 0 Å². The van der Waals surface area contributed by atoms with Crippen molar-refractivity contribution in [2.75, 3.05) is 69.1 Å². The summed E-state index contributed by atoms with van der Waals surface area (Å²) in [6.07, 6.45) is 2.79. The molecule has 0 bridgehead atoms. The molecule has 0 fully saturated rings. The second-order valence-electron chi connectivity index (χ2n) is 12.5. The maximum Gasteiger partial charge on any atom is 0.415 e. The smallest absolute Gasteiger partial charge is 0.409 e. The highest BCUT2D eigenvalue weighted by Crippen LogP contribution is 2.47. The Kier molecular flexibility index (Phi) is 12.7. The number of fused-ring (bicyclic) bond motifs is 4. The number of nitrogens with one attached hydrogen (secondary N) is 2. The minimum absolute atomic E-state index is 0. The summed E-state index contributed by atoms with van der Waals surface area (Å²) in [4.78, 5) is 48.5. The van der Waals surface area contributed by atoms with E-state index >= 15 is 0 Å². The number of carbonyl (C=O) groups excluding carboxylic acids is 3. The number of ether oxygens (including phenoxy) is 2. The fraction of sp³-hybridized carbons (Fsp3) is 0.316. The van der Waals surface area contributed by atoms with E-state index < -0.39 is 6.09 Å². The van der Waals surface area contributed by atoms with Gasteiger partial charge in [-0.3, -0.25) is 9.59 Å². The highest BCUT2D eigenvalue weighted by molar-refractivity contribution is 6.19. The monoisotopic (exact) mass is 748 g/mol. The zero-order valence-electron chi connectivity index (χ0n) is 29.2. The van der Waals surface area contributed by atoms with Crippen molar-refractivity contribution < 1.29 is 29.0 Å². The molecular formula is C38H42Cl2N6O6. The molecule has 0 radical (unpaired) electrons. The van der Waals surface area contributed by atoms with Gasteiger partial charge < -0.3 is 39.4 Å². The Bertz CT molecular complexity index is 2070. The molecule has 12 nitrogen and oxygen atoms in total. The first-order chi connectivity index (χ1) is 24.7. The van der Waals surface area contributed by atoms with Crippen molar-refractivity contribution in [3.05, 3.63) is 101 Å². The fourth-order valence-corrected chi connectivity index (χ4v) is 6.60. The number of rotatable bonds is 13. The zero-order valence-corrected chi connectivity index (χ0v) is 30.8. The molecule has 3 heterocycles. The van der Waals surface area contributed by atoms with Crippen molar-refractivity contribution >= 4 is 69.7 Å². The van der Waals surface area contributed by atoms with Crippen molar-refractivity contribution in [3.63, 3.8) is 0 Å². The van der Waals surface area contributed by atoms with Crippen LogP contribution in [0.1, 0.15) is 43.5 Å². The number of pyridine rings is 1. The van der Waals surface area contributed by atoms with Crippen LogP contribution in [0.3, 0.4) is 0 Å². The van der Waals surface area contributed by atoms with E-state index in [1.807, 2.05) is 44.2 Å². The number of aliphatic hydroxyl groups excluding tert-OH is 1. The van der Waals surface area contributed by atoms with Gasteiger partial charge in [0.1, 0.15) is 17.1 Å². The van der Waals surface area contributed by atoms with Gasteiger partial charge in [-0.25, -0.2) is 9.78 Å². The summed E-state index contributed by atoms with van der Waals surface area (Å²) >= 11 is 6.55.